The van der Waals surface area contributed by atoms with Gasteiger partial charge in [0.05, 0.1) is 0 Å². The molecule has 0 rings (SSSR count). The second-order valence-electron chi connectivity index (χ2n) is 4.30. The predicted molar refractivity (Wildman–Crippen MR) is 93.0 cm³/mol. The molecule has 0 aromatic rings. The normalized spacial score (nSPS) is 10.7. The van der Waals surface area contributed by atoms with E-state index in [1.54, 1.807) is 0 Å². The first-order chi connectivity index (χ1) is 8.26. The van der Waals surface area contributed by atoms with E-state index < -0.39 is 0 Å². The van der Waals surface area contributed by atoms with Crippen LogP contribution in [0, 0.1) is 0 Å². The van der Waals surface area contributed by atoms with Crippen LogP contribution in [0.5, 0.6) is 0 Å². The monoisotopic (exact) mass is 367 g/mol. The van der Waals surface area contributed by atoms with Crippen LogP contribution in [0.3, 0.4) is 0 Å². The zero-order valence-electron chi connectivity index (χ0n) is 12.2. The van der Waals surface area contributed by atoms with Gasteiger partial charge in [-0.2, -0.15) is 0 Å². The third-order valence-electron chi connectivity index (χ3n) is 2.58. The van der Waals surface area contributed by atoms with Crippen LogP contribution in [-0.4, -0.2) is 37.5 Å². The number of aliphatic imine (C=N–C) groups is 1. The summed E-state index contributed by atoms with van der Waals surface area (Å²) in [5.41, 5.74) is 0. The molecule has 0 spiro atoms. The van der Waals surface area contributed by atoms with E-state index in [1.165, 1.54) is 19.3 Å². The molecule has 0 saturated carbocycles. The molecule has 0 aromatic carbocycles. The molecule has 0 unspecified atom stereocenters. The van der Waals surface area contributed by atoms with Crippen LogP contribution < -0.4 is 5.32 Å². The first-order valence-corrected chi connectivity index (χ1v) is 6.86. The van der Waals surface area contributed by atoms with Gasteiger partial charge in [-0.05, 0) is 32.6 Å². The van der Waals surface area contributed by atoms with E-state index in [4.69, 9.17) is 0 Å². The molecule has 0 atom stereocenters. The van der Waals surface area contributed by atoms with Crippen molar-refractivity contribution in [3.8, 4) is 0 Å². The molecule has 0 fully saturated rings. The minimum atomic E-state index is 0. The topological polar surface area (TPSA) is 27.6 Å². The van der Waals surface area contributed by atoms with Crippen LogP contribution in [0.4, 0.5) is 0 Å². The van der Waals surface area contributed by atoms with E-state index in [-0.39, 0.29) is 24.0 Å². The maximum atomic E-state index is 4.56. The van der Waals surface area contributed by atoms with Crippen LogP contribution in [0.1, 0.15) is 46.0 Å². The van der Waals surface area contributed by atoms with E-state index >= 15 is 0 Å². The van der Waals surface area contributed by atoms with Crippen molar-refractivity contribution in [2.24, 2.45) is 4.99 Å². The molecule has 0 heterocycles. The predicted octanol–water partition coefficient (Wildman–Crippen LogP) is 3.66. The van der Waals surface area contributed by atoms with Crippen LogP contribution in [0.2, 0.25) is 0 Å². The fourth-order valence-electron chi connectivity index (χ4n) is 1.61. The van der Waals surface area contributed by atoms with Crippen molar-refractivity contribution in [1.82, 2.24) is 10.2 Å². The van der Waals surface area contributed by atoms with Gasteiger partial charge in [0.1, 0.15) is 0 Å². The number of unbranched alkanes of at least 4 members (excludes halogenated alkanes) is 3. The van der Waals surface area contributed by atoms with Crippen LogP contribution >= 0.6 is 24.0 Å². The molecule has 18 heavy (non-hydrogen) atoms. The van der Waals surface area contributed by atoms with Gasteiger partial charge in [0, 0.05) is 26.7 Å². The van der Waals surface area contributed by atoms with Gasteiger partial charge in [0.2, 0.25) is 0 Å². The number of nitrogens with one attached hydrogen (secondary N) is 1. The molecular formula is C14H30IN3. The van der Waals surface area contributed by atoms with E-state index in [2.05, 4.69) is 42.7 Å². The number of guanidine groups is 1. The highest BCUT2D eigenvalue weighted by atomic mass is 127. The zero-order chi connectivity index (χ0) is 12.9. The fourth-order valence-corrected chi connectivity index (χ4v) is 1.61. The Morgan fingerprint density at radius 1 is 1.28 bits per heavy atom. The average molecular weight is 367 g/mol. The van der Waals surface area contributed by atoms with Crippen molar-refractivity contribution >= 4 is 29.9 Å². The van der Waals surface area contributed by atoms with Gasteiger partial charge < -0.3 is 10.2 Å². The number of rotatable bonds is 9. The summed E-state index contributed by atoms with van der Waals surface area (Å²) in [6.45, 7) is 10.9. The average Bonchev–Trinajstić information content (AvgIpc) is 2.34. The minimum Gasteiger partial charge on any atom is -0.357 e. The summed E-state index contributed by atoms with van der Waals surface area (Å²) in [5.74, 6) is 1.04. The molecule has 0 aromatic heterocycles. The Morgan fingerprint density at radius 3 is 2.56 bits per heavy atom. The van der Waals surface area contributed by atoms with Crippen LogP contribution in [0.15, 0.2) is 17.6 Å². The Labute approximate surface area is 130 Å². The van der Waals surface area contributed by atoms with Crippen LogP contribution in [0.25, 0.3) is 0 Å². The number of hydrogen-bond donors (Lipinski definition) is 1. The minimum absolute atomic E-state index is 0. The van der Waals surface area contributed by atoms with Gasteiger partial charge in [0.25, 0.3) is 0 Å². The molecule has 0 aliphatic heterocycles. The summed E-state index contributed by atoms with van der Waals surface area (Å²) in [4.78, 5) is 6.79. The van der Waals surface area contributed by atoms with Gasteiger partial charge in [-0.25, -0.2) is 0 Å². The van der Waals surface area contributed by atoms with Crippen molar-refractivity contribution < 1.29 is 0 Å². The first kappa shape index (κ1) is 20.1. The summed E-state index contributed by atoms with van der Waals surface area (Å²) >= 11 is 0. The third-order valence-corrected chi connectivity index (χ3v) is 2.58. The van der Waals surface area contributed by atoms with Crippen molar-refractivity contribution in [3.63, 3.8) is 0 Å². The Hall–Kier alpha value is -0.260. The van der Waals surface area contributed by atoms with Crippen molar-refractivity contribution in [1.29, 1.82) is 0 Å². The van der Waals surface area contributed by atoms with E-state index in [0.29, 0.717) is 0 Å². The highest BCUT2D eigenvalue weighted by Crippen LogP contribution is 2.01. The molecule has 108 valence electrons. The lowest BCUT2D eigenvalue weighted by atomic mass is 10.2. The van der Waals surface area contributed by atoms with Crippen molar-refractivity contribution in [2.75, 3.05) is 26.7 Å². The molecule has 0 aliphatic carbocycles. The third kappa shape index (κ3) is 10.9. The van der Waals surface area contributed by atoms with E-state index in [0.717, 1.165) is 38.4 Å². The standard InChI is InChI=1S/C14H29N3.HI/c1-5-8-9-10-11-13-17(4)14(15-7-3)16-12-6-2;/h5H,1,6-13H2,2-4H3,(H,15,16);1H. The largest absolute Gasteiger partial charge is 0.357 e. The highest BCUT2D eigenvalue weighted by Gasteiger charge is 2.03. The van der Waals surface area contributed by atoms with E-state index in [9.17, 15) is 0 Å². The lowest BCUT2D eigenvalue weighted by molar-refractivity contribution is 0.455. The first-order valence-electron chi connectivity index (χ1n) is 6.86. The lowest BCUT2D eigenvalue weighted by Crippen LogP contribution is -2.39. The molecule has 0 radical (unpaired) electrons. The molecular weight excluding hydrogens is 337 g/mol. The number of nitrogens with zero attached hydrogens (tertiary/aromatic N) is 2. The molecule has 3 nitrogen and oxygen atoms in total. The van der Waals surface area contributed by atoms with Crippen LogP contribution in [-0.2, 0) is 0 Å². The number of hydrogen-bond acceptors (Lipinski definition) is 1. The highest BCUT2D eigenvalue weighted by molar-refractivity contribution is 14.0. The SMILES string of the molecule is C=CCCCCCN(C)C(=NCCC)NCC.I. The second-order valence-corrected chi connectivity index (χ2v) is 4.30. The summed E-state index contributed by atoms with van der Waals surface area (Å²) in [7, 11) is 2.12. The number of halogens is 1. The molecule has 0 amide bonds. The maximum absolute atomic E-state index is 4.56. The Kier molecular flexibility index (Phi) is 16.5. The van der Waals surface area contributed by atoms with Gasteiger partial charge in [-0.15, -0.1) is 30.6 Å². The molecule has 0 aliphatic rings. The summed E-state index contributed by atoms with van der Waals surface area (Å²) < 4.78 is 0. The summed E-state index contributed by atoms with van der Waals surface area (Å²) in [5, 5.41) is 3.33. The Morgan fingerprint density at radius 2 is 2.00 bits per heavy atom. The van der Waals surface area contributed by atoms with Gasteiger partial charge in [-0.3, -0.25) is 4.99 Å². The van der Waals surface area contributed by atoms with E-state index in [1.807, 2.05) is 6.08 Å². The van der Waals surface area contributed by atoms with Gasteiger partial charge >= 0.3 is 0 Å². The summed E-state index contributed by atoms with van der Waals surface area (Å²) in [6, 6.07) is 0. The lowest BCUT2D eigenvalue weighted by Gasteiger charge is -2.21. The smallest absolute Gasteiger partial charge is 0.193 e. The maximum Gasteiger partial charge on any atom is 0.193 e. The summed E-state index contributed by atoms with van der Waals surface area (Å²) in [6.07, 6.45) is 7.97. The number of allylic oxidation sites excluding steroid dienone is 1. The van der Waals surface area contributed by atoms with Crippen molar-refractivity contribution in [3.05, 3.63) is 12.7 Å². The fraction of sp³-hybridized carbons (Fsp3) is 0.786. The molecule has 1 N–H and O–H groups in total. The van der Waals surface area contributed by atoms with Gasteiger partial charge in [-0.1, -0.05) is 19.4 Å². The molecule has 4 heteroatoms. The van der Waals surface area contributed by atoms with Crippen molar-refractivity contribution in [2.45, 2.75) is 46.0 Å². The Balaban J connectivity index is 0. The zero-order valence-corrected chi connectivity index (χ0v) is 14.6. The molecule has 0 bridgehead atoms. The molecule has 0 saturated heterocycles. The quantitative estimate of drug-likeness (QED) is 0.221. The second kappa shape index (κ2) is 14.8. The Bertz CT molecular complexity index is 217. The van der Waals surface area contributed by atoms with Gasteiger partial charge in [0.15, 0.2) is 5.96 Å².